The van der Waals surface area contributed by atoms with Crippen LogP contribution in [0.3, 0.4) is 0 Å². The Balaban J connectivity index is 1.41. The predicted molar refractivity (Wildman–Crippen MR) is 106 cm³/mol. The second-order valence-electron chi connectivity index (χ2n) is 7.31. The number of rotatable bonds is 3. The molecule has 0 aromatic heterocycles. The van der Waals surface area contributed by atoms with Crippen molar-refractivity contribution in [3.05, 3.63) is 83.9 Å². The maximum atomic E-state index is 9.45. The number of hydrogen-bond donors (Lipinski definition) is 2. The van der Waals surface area contributed by atoms with Crippen LogP contribution in [0.25, 0.3) is 11.1 Å². The van der Waals surface area contributed by atoms with Gasteiger partial charge >= 0.3 is 0 Å². The van der Waals surface area contributed by atoms with Gasteiger partial charge in [-0.05, 0) is 84.0 Å². The summed E-state index contributed by atoms with van der Waals surface area (Å²) in [5, 5.41) is 18.9. The van der Waals surface area contributed by atoms with E-state index in [1.807, 2.05) is 12.1 Å². The SMILES string of the molecule is Oc1ccc(-c2ccc(C3CCC(c4ccc(O)cc4)CC3)cc2)cc1. The van der Waals surface area contributed by atoms with Gasteiger partial charge in [0, 0.05) is 0 Å². The molecule has 1 aliphatic carbocycles. The minimum absolute atomic E-state index is 0.302. The Morgan fingerprint density at radius 1 is 0.462 bits per heavy atom. The molecule has 2 N–H and O–H groups in total. The summed E-state index contributed by atoms with van der Waals surface area (Å²) in [6, 6.07) is 24.0. The molecule has 2 heteroatoms. The van der Waals surface area contributed by atoms with Crippen molar-refractivity contribution in [1.29, 1.82) is 0 Å². The van der Waals surface area contributed by atoms with Crippen molar-refractivity contribution >= 4 is 0 Å². The molecule has 0 heterocycles. The van der Waals surface area contributed by atoms with Crippen molar-refractivity contribution in [3.63, 3.8) is 0 Å². The Morgan fingerprint density at radius 2 is 0.769 bits per heavy atom. The minimum Gasteiger partial charge on any atom is -0.508 e. The second kappa shape index (κ2) is 7.25. The van der Waals surface area contributed by atoms with E-state index in [4.69, 9.17) is 0 Å². The van der Waals surface area contributed by atoms with Gasteiger partial charge in [-0.3, -0.25) is 0 Å². The van der Waals surface area contributed by atoms with E-state index in [2.05, 4.69) is 36.4 Å². The average molecular weight is 344 g/mol. The zero-order valence-electron chi connectivity index (χ0n) is 14.8. The fourth-order valence-corrected chi connectivity index (χ4v) is 4.11. The number of benzene rings is 3. The predicted octanol–water partition coefficient (Wildman–Crippen LogP) is 6.21. The van der Waals surface area contributed by atoms with Crippen LogP contribution in [0.4, 0.5) is 0 Å². The Hall–Kier alpha value is -2.74. The smallest absolute Gasteiger partial charge is 0.115 e. The summed E-state index contributed by atoms with van der Waals surface area (Å²) in [7, 11) is 0. The summed E-state index contributed by atoms with van der Waals surface area (Å²) >= 11 is 0. The first-order valence-corrected chi connectivity index (χ1v) is 9.37. The van der Waals surface area contributed by atoms with Crippen LogP contribution in [0, 0.1) is 0 Å². The van der Waals surface area contributed by atoms with E-state index in [-0.39, 0.29) is 0 Å². The van der Waals surface area contributed by atoms with Gasteiger partial charge in [0.15, 0.2) is 0 Å². The van der Waals surface area contributed by atoms with Crippen molar-refractivity contribution in [2.75, 3.05) is 0 Å². The Kier molecular flexibility index (Phi) is 4.66. The molecule has 0 unspecified atom stereocenters. The maximum absolute atomic E-state index is 9.45. The summed E-state index contributed by atoms with van der Waals surface area (Å²) in [6.07, 6.45) is 4.83. The Labute approximate surface area is 154 Å². The van der Waals surface area contributed by atoms with Crippen molar-refractivity contribution in [1.82, 2.24) is 0 Å². The lowest BCUT2D eigenvalue weighted by molar-refractivity contribution is 0.396. The highest BCUT2D eigenvalue weighted by molar-refractivity contribution is 5.64. The van der Waals surface area contributed by atoms with Crippen LogP contribution in [-0.2, 0) is 0 Å². The van der Waals surface area contributed by atoms with Gasteiger partial charge in [0.05, 0.1) is 0 Å². The van der Waals surface area contributed by atoms with Crippen LogP contribution in [-0.4, -0.2) is 10.2 Å². The lowest BCUT2D eigenvalue weighted by atomic mass is 9.76. The Bertz CT molecular complexity index is 840. The van der Waals surface area contributed by atoms with Gasteiger partial charge in [0.2, 0.25) is 0 Å². The first-order chi connectivity index (χ1) is 12.7. The number of phenolic OH excluding ortho intramolecular Hbond substituents is 2. The van der Waals surface area contributed by atoms with Crippen molar-refractivity contribution in [2.24, 2.45) is 0 Å². The van der Waals surface area contributed by atoms with Gasteiger partial charge in [0.25, 0.3) is 0 Å². The van der Waals surface area contributed by atoms with E-state index in [9.17, 15) is 10.2 Å². The van der Waals surface area contributed by atoms with E-state index in [0.717, 1.165) is 5.56 Å². The lowest BCUT2D eigenvalue weighted by Crippen LogP contribution is -2.12. The second-order valence-corrected chi connectivity index (χ2v) is 7.31. The fourth-order valence-electron chi connectivity index (χ4n) is 4.11. The van der Waals surface area contributed by atoms with Crippen molar-refractivity contribution in [2.45, 2.75) is 37.5 Å². The van der Waals surface area contributed by atoms with E-state index in [1.165, 1.54) is 42.4 Å². The summed E-state index contributed by atoms with van der Waals surface area (Å²) in [5.41, 5.74) is 5.09. The normalized spacial score (nSPS) is 20.0. The summed E-state index contributed by atoms with van der Waals surface area (Å²) < 4.78 is 0. The maximum Gasteiger partial charge on any atom is 0.115 e. The highest BCUT2D eigenvalue weighted by Crippen LogP contribution is 2.41. The third-order valence-corrected chi connectivity index (χ3v) is 5.67. The molecule has 0 atom stereocenters. The standard InChI is InChI=1S/C24H24O2/c25-23-13-9-21(10-14-23)19-5-1-17(2-6-19)18-3-7-20(8-4-18)22-11-15-24(26)16-12-22/h1-2,5-6,9-16,18,20,25-26H,3-4,7-8H2. The van der Waals surface area contributed by atoms with E-state index >= 15 is 0 Å². The molecule has 1 fully saturated rings. The topological polar surface area (TPSA) is 40.5 Å². The third kappa shape index (κ3) is 3.60. The van der Waals surface area contributed by atoms with Crippen LogP contribution in [0.5, 0.6) is 11.5 Å². The number of phenols is 2. The molecule has 132 valence electrons. The first kappa shape index (κ1) is 16.7. The summed E-state index contributed by atoms with van der Waals surface area (Å²) in [6.45, 7) is 0. The van der Waals surface area contributed by atoms with Crippen LogP contribution in [0.15, 0.2) is 72.8 Å². The molecule has 4 rings (SSSR count). The zero-order valence-corrected chi connectivity index (χ0v) is 14.8. The molecular weight excluding hydrogens is 320 g/mol. The highest BCUT2D eigenvalue weighted by Gasteiger charge is 2.23. The molecule has 0 radical (unpaired) electrons. The molecule has 0 saturated heterocycles. The van der Waals surface area contributed by atoms with E-state index in [0.29, 0.717) is 23.3 Å². The first-order valence-electron chi connectivity index (χ1n) is 9.37. The van der Waals surface area contributed by atoms with E-state index < -0.39 is 0 Å². The monoisotopic (exact) mass is 344 g/mol. The molecule has 2 nitrogen and oxygen atoms in total. The number of aromatic hydroxyl groups is 2. The lowest BCUT2D eigenvalue weighted by Gasteiger charge is -2.29. The number of hydrogen-bond acceptors (Lipinski definition) is 2. The minimum atomic E-state index is 0.302. The molecule has 3 aromatic rings. The van der Waals surface area contributed by atoms with Gasteiger partial charge in [-0.1, -0.05) is 48.5 Å². The zero-order chi connectivity index (χ0) is 17.9. The highest BCUT2D eigenvalue weighted by atomic mass is 16.3. The molecule has 0 spiro atoms. The molecule has 1 aliphatic rings. The van der Waals surface area contributed by atoms with Crippen LogP contribution >= 0.6 is 0 Å². The average Bonchev–Trinajstić information content (AvgIpc) is 2.70. The van der Waals surface area contributed by atoms with Gasteiger partial charge < -0.3 is 10.2 Å². The van der Waals surface area contributed by atoms with Gasteiger partial charge in [-0.15, -0.1) is 0 Å². The molecule has 3 aromatic carbocycles. The van der Waals surface area contributed by atoms with Gasteiger partial charge in [-0.25, -0.2) is 0 Å². The van der Waals surface area contributed by atoms with Crippen molar-refractivity contribution < 1.29 is 10.2 Å². The van der Waals surface area contributed by atoms with Gasteiger partial charge in [-0.2, -0.15) is 0 Å². The quantitative estimate of drug-likeness (QED) is 0.593. The fraction of sp³-hybridized carbons (Fsp3) is 0.250. The summed E-state index contributed by atoms with van der Waals surface area (Å²) in [4.78, 5) is 0. The van der Waals surface area contributed by atoms with Crippen molar-refractivity contribution in [3.8, 4) is 22.6 Å². The van der Waals surface area contributed by atoms with Crippen LogP contribution in [0.1, 0.15) is 48.6 Å². The van der Waals surface area contributed by atoms with Crippen LogP contribution in [0.2, 0.25) is 0 Å². The molecular formula is C24H24O2. The molecule has 1 saturated carbocycles. The van der Waals surface area contributed by atoms with Gasteiger partial charge in [0.1, 0.15) is 11.5 Å². The largest absolute Gasteiger partial charge is 0.508 e. The molecule has 26 heavy (non-hydrogen) atoms. The third-order valence-electron chi connectivity index (χ3n) is 5.67. The van der Waals surface area contributed by atoms with Crippen LogP contribution < -0.4 is 0 Å². The molecule has 0 amide bonds. The Morgan fingerprint density at radius 3 is 1.19 bits per heavy atom. The summed E-state index contributed by atoms with van der Waals surface area (Å²) in [5.74, 6) is 1.90. The molecule has 0 bridgehead atoms. The van der Waals surface area contributed by atoms with E-state index in [1.54, 1.807) is 24.3 Å². The molecule has 0 aliphatic heterocycles.